The van der Waals surface area contributed by atoms with Gasteiger partial charge in [0.25, 0.3) is 11.8 Å². The van der Waals surface area contributed by atoms with Crippen LogP contribution in [-0.2, 0) is 4.84 Å². The standard InChI is InChI=1S/C11H10FNO3/c12-6-3-7-16-13-10(14)8-4-1-2-5-9(8)11(13)15/h1-2,4-5H,3,6-7H2. The van der Waals surface area contributed by atoms with Crippen molar-refractivity contribution in [1.82, 2.24) is 5.06 Å². The maximum absolute atomic E-state index is 11.9. The Balaban J connectivity index is 2.15. The summed E-state index contributed by atoms with van der Waals surface area (Å²) in [6.07, 6.45) is 0.160. The number of hydrogen-bond donors (Lipinski definition) is 0. The molecule has 1 aromatic carbocycles. The lowest BCUT2D eigenvalue weighted by molar-refractivity contribution is -0.0927. The monoisotopic (exact) mass is 223 g/mol. The van der Waals surface area contributed by atoms with Gasteiger partial charge in [-0.25, -0.2) is 0 Å². The molecule has 0 saturated heterocycles. The molecule has 5 heteroatoms. The third-order valence-electron chi connectivity index (χ3n) is 2.26. The summed E-state index contributed by atoms with van der Waals surface area (Å²) >= 11 is 0. The van der Waals surface area contributed by atoms with E-state index in [1.807, 2.05) is 0 Å². The average molecular weight is 223 g/mol. The molecule has 0 atom stereocenters. The predicted octanol–water partition coefficient (Wildman–Crippen LogP) is 1.57. The molecule has 1 aromatic rings. The molecule has 84 valence electrons. The molecular weight excluding hydrogens is 213 g/mol. The summed E-state index contributed by atoms with van der Waals surface area (Å²) in [5.74, 6) is -0.973. The van der Waals surface area contributed by atoms with Crippen LogP contribution in [0.1, 0.15) is 27.1 Å². The van der Waals surface area contributed by atoms with Crippen molar-refractivity contribution in [3.05, 3.63) is 35.4 Å². The molecule has 0 aromatic heterocycles. The zero-order valence-electron chi connectivity index (χ0n) is 8.48. The fourth-order valence-electron chi connectivity index (χ4n) is 1.49. The third-order valence-corrected chi connectivity index (χ3v) is 2.26. The minimum atomic E-state index is -0.539. The molecule has 2 amide bonds. The van der Waals surface area contributed by atoms with E-state index in [1.165, 1.54) is 0 Å². The number of fused-ring (bicyclic) bond motifs is 1. The van der Waals surface area contributed by atoms with E-state index in [-0.39, 0.29) is 13.0 Å². The van der Waals surface area contributed by atoms with E-state index in [1.54, 1.807) is 24.3 Å². The zero-order chi connectivity index (χ0) is 11.5. The van der Waals surface area contributed by atoms with Crippen LogP contribution in [0.2, 0.25) is 0 Å². The first-order chi connectivity index (χ1) is 7.75. The predicted molar refractivity (Wildman–Crippen MR) is 53.5 cm³/mol. The topological polar surface area (TPSA) is 46.6 Å². The van der Waals surface area contributed by atoms with Gasteiger partial charge in [-0.3, -0.25) is 18.8 Å². The van der Waals surface area contributed by atoms with Crippen LogP contribution >= 0.6 is 0 Å². The van der Waals surface area contributed by atoms with Gasteiger partial charge in [0.15, 0.2) is 0 Å². The van der Waals surface area contributed by atoms with E-state index >= 15 is 0 Å². The Hall–Kier alpha value is -1.75. The molecule has 2 rings (SSSR count). The molecule has 1 aliphatic heterocycles. The molecular formula is C11H10FNO3. The average Bonchev–Trinajstić information content (AvgIpc) is 2.55. The highest BCUT2D eigenvalue weighted by atomic mass is 19.1. The van der Waals surface area contributed by atoms with Gasteiger partial charge in [0.1, 0.15) is 0 Å². The Morgan fingerprint density at radius 3 is 2.19 bits per heavy atom. The van der Waals surface area contributed by atoms with Crippen LogP contribution in [0, 0.1) is 0 Å². The second-order valence-electron chi connectivity index (χ2n) is 3.33. The molecule has 1 aliphatic rings. The number of halogens is 1. The van der Waals surface area contributed by atoms with Crippen molar-refractivity contribution in [2.24, 2.45) is 0 Å². The van der Waals surface area contributed by atoms with Gasteiger partial charge in [0, 0.05) is 6.42 Å². The van der Waals surface area contributed by atoms with Gasteiger partial charge in [0.2, 0.25) is 0 Å². The number of benzene rings is 1. The van der Waals surface area contributed by atoms with Gasteiger partial charge in [-0.2, -0.15) is 0 Å². The molecule has 1 heterocycles. The van der Waals surface area contributed by atoms with Crippen LogP contribution in [0.5, 0.6) is 0 Å². The first-order valence-electron chi connectivity index (χ1n) is 4.92. The van der Waals surface area contributed by atoms with Crippen LogP contribution in [0.3, 0.4) is 0 Å². The minimum absolute atomic E-state index is 0.0158. The summed E-state index contributed by atoms with van der Waals surface area (Å²) in [6.45, 7) is -0.523. The van der Waals surface area contributed by atoms with Crippen LogP contribution < -0.4 is 0 Å². The van der Waals surface area contributed by atoms with Gasteiger partial charge < -0.3 is 0 Å². The van der Waals surface area contributed by atoms with Crippen molar-refractivity contribution in [3.8, 4) is 0 Å². The van der Waals surface area contributed by atoms with Crippen molar-refractivity contribution in [2.75, 3.05) is 13.3 Å². The number of carbonyl (C=O) groups is 2. The number of carbonyl (C=O) groups excluding carboxylic acids is 2. The highest BCUT2D eigenvalue weighted by Gasteiger charge is 2.36. The van der Waals surface area contributed by atoms with E-state index in [2.05, 4.69) is 0 Å². The van der Waals surface area contributed by atoms with Crippen molar-refractivity contribution < 1.29 is 18.8 Å². The Morgan fingerprint density at radius 2 is 1.69 bits per heavy atom. The molecule has 4 nitrogen and oxygen atoms in total. The minimum Gasteiger partial charge on any atom is -0.266 e. The molecule has 0 unspecified atom stereocenters. The number of amides is 2. The summed E-state index contributed by atoms with van der Waals surface area (Å²) in [4.78, 5) is 28.3. The second-order valence-corrected chi connectivity index (χ2v) is 3.33. The molecule has 0 aliphatic carbocycles. The molecule has 0 spiro atoms. The van der Waals surface area contributed by atoms with E-state index in [0.29, 0.717) is 16.2 Å². The number of hydroxylamine groups is 2. The number of imide groups is 1. The summed E-state index contributed by atoms with van der Waals surface area (Å²) in [5, 5.41) is 0.695. The lowest BCUT2D eigenvalue weighted by Crippen LogP contribution is -2.30. The van der Waals surface area contributed by atoms with Gasteiger partial charge in [-0.05, 0) is 12.1 Å². The van der Waals surface area contributed by atoms with Gasteiger partial charge in [-0.15, -0.1) is 5.06 Å². The molecule has 0 radical (unpaired) electrons. The van der Waals surface area contributed by atoms with Crippen LogP contribution in [0.25, 0.3) is 0 Å². The Kier molecular flexibility index (Phi) is 2.96. The largest absolute Gasteiger partial charge is 0.285 e. The quantitative estimate of drug-likeness (QED) is 0.575. The van der Waals surface area contributed by atoms with E-state index < -0.39 is 18.5 Å². The number of rotatable bonds is 4. The van der Waals surface area contributed by atoms with Gasteiger partial charge in [-0.1, -0.05) is 12.1 Å². The summed E-state index contributed by atoms with van der Waals surface area (Å²) < 4.78 is 11.9. The van der Waals surface area contributed by atoms with E-state index in [4.69, 9.17) is 4.84 Å². The maximum Gasteiger partial charge on any atom is 0.285 e. The SMILES string of the molecule is O=C1c2ccccc2C(=O)N1OCCCF. The van der Waals surface area contributed by atoms with Crippen molar-refractivity contribution in [2.45, 2.75) is 6.42 Å². The normalized spacial score (nSPS) is 14.4. The van der Waals surface area contributed by atoms with Crippen molar-refractivity contribution in [1.29, 1.82) is 0 Å². The highest BCUT2D eigenvalue weighted by Crippen LogP contribution is 2.22. The Bertz CT molecular complexity index is 398. The second kappa shape index (κ2) is 4.40. The maximum atomic E-state index is 11.9. The van der Waals surface area contributed by atoms with Crippen LogP contribution in [-0.4, -0.2) is 30.2 Å². The molecule has 16 heavy (non-hydrogen) atoms. The highest BCUT2D eigenvalue weighted by molar-refractivity contribution is 6.20. The fraction of sp³-hybridized carbons (Fsp3) is 0.273. The summed E-state index contributed by atoms with van der Waals surface area (Å²) in [6, 6.07) is 6.48. The number of alkyl halides is 1. The third kappa shape index (κ3) is 1.69. The summed E-state index contributed by atoms with van der Waals surface area (Å²) in [7, 11) is 0. The van der Waals surface area contributed by atoms with Crippen LogP contribution in [0.4, 0.5) is 4.39 Å². The first-order valence-corrected chi connectivity index (χ1v) is 4.92. The fourth-order valence-corrected chi connectivity index (χ4v) is 1.49. The molecule has 0 saturated carbocycles. The lowest BCUT2D eigenvalue weighted by atomic mass is 10.1. The van der Waals surface area contributed by atoms with Crippen molar-refractivity contribution >= 4 is 11.8 Å². The molecule has 0 fully saturated rings. The zero-order valence-corrected chi connectivity index (χ0v) is 8.48. The smallest absolute Gasteiger partial charge is 0.266 e. The van der Waals surface area contributed by atoms with Gasteiger partial charge >= 0.3 is 0 Å². The summed E-state index contributed by atoms with van der Waals surface area (Å²) in [5.41, 5.74) is 0.653. The Morgan fingerprint density at radius 1 is 1.12 bits per heavy atom. The van der Waals surface area contributed by atoms with E-state index in [9.17, 15) is 14.0 Å². The number of hydrogen-bond acceptors (Lipinski definition) is 3. The lowest BCUT2D eigenvalue weighted by Gasteiger charge is -2.12. The number of nitrogens with zero attached hydrogens (tertiary/aromatic N) is 1. The van der Waals surface area contributed by atoms with Crippen molar-refractivity contribution in [3.63, 3.8) is 0 Å². The van der Waals surface area contributed by atoms with E-state index in [0.717, 1.165) is 0 Å². The first kappa shape index (κ1) is 10.8. The van der Waals surface area contributed by atoms with Crippen LogP contribution in [0.15, 0.2) is 24.3 Å². The molecule has 0 N–H and O–H groups in total. The van der Waals surface area contributed by atoms with Gasteiger partial charge in [0.05, 0.1) is 24.4 Å². The molecule has 0 bridgehead atoms. The Labute approximate surface area is 91.6 Å².